The number of piperidine rings is 2. The highest BCUT2D eigenvalue weighted by atomic mass is 16.6. The SMILES string of the molecule is CCCCCCCC(C)N1C2CCCC1CC(n1c(=O)c(C(CCC(=O)O)=NOC)nc3ccccc31)C2. The Morgan fingerprint density at radius 1 is 1.11 bits per heavy atom. The highest BCUT2D eigenvalue weighted by Gasteiger charge is 2.41. The molecule has 2 saturated heterocycles. The highest BCUT2D eigenvalue weighted by molar-refractivity contribution is 6.00. The minimum atomic E-state index is -0.949. The maximum atomic E-state index is 14.0. The number of fused-ring (bicyclic) bond motifs is 3. The summed E-state index contributed by atoms with van der Waals surface area (Å²) in [7, 11) is 1.40. The van der Waals surface area contributed by atoms with Crippen LogP contribution in [0.15, 0.2) is 34.2 Å². The normalized spacial score (nSPS) is 22.9. The third-order valence-electron chi connectivity index (χ3n) is 8.45. The van der Waals surface area contributed by atoms with Crippen LogP contribution in [0.4, 0.5) is 0 Å². The summed E-state index contributed by atoms with van der Waals surface area (Å²) >= 11 is 0. The van der Waals surface area contributed by atoms with Gasteiger partial charge in [0.2, 0.25) is 0 Å². The number of carboxylic acid groups (broad SMARTS) is 1. The summed E-state index contributed by atoms with van der Waals surface area (Å²) < 4.78 is 1.93. The largest absolute Gasteiger partial charge is 0.481 e. The molecule has 8 heteroatoms. The number of benzene rings is 1. The van der Waals surface area contributed by atoms with Crippen molar-refractivity contribution in [1.29, 1.82) is 0 Å². The smallest absolute Gasteiger partial charge is 0.303 e. The van der Waals surface area contributed by atoms with Gasteiger partial charge in [-0.1, -0.05) is 62.7 Å². The summed E-state index contributed by atoms with van der Waals surface area (Å²) in [6, 6.07) is 9.32. The van der Waals surface area contributed by atoms with Crippen molar-refractivity contribution in [2.45, 2.75) is 121 Å². The van der Waals surface area contributed by atoms with Gasteiger partial charge in [0, 0.05) is 30.6 Å². The van der Waals surface area contributed by atoms with Crippen molar-refractivity contribution in [3.05, 3.63) is 40.3 Å². The number of hydrogen-bond acceptors (Lipinski definition) is 6. The molecule has 3 atom stereocenters. The average molecular weight is 525 g/mol. The van der Waals surface area contributed by atoms with E-state index >= 15 is 0 Å². The maximum Gasteiger partial charge on any atom is 0.303 e. The van der Waals surface area contributed by atoms with E-state index < -0.39 is 5.97 Å². The van der Waals surface area contributed by atoms with Crippen molar-refractivity contribution in [2.75, 3.05) is 7.11 Å². The lowest BCUT2D eigenvalue weighted by molar-refractivity contribution is -0.136. The van der Waals surface area contributed by atoms with Crippen molar-refractivity contribution >= 4 is 22.7 Å². The molecule has 0 aliphatic carbocycles. The van der Waals surface area contributed by atoms with Crippen molar-refractivity contribution < 1.29 is 14.7 Å². The first-order valence-electron chi connectivity index (χ1n) is 14.6. The Morgan fingerprint density at radius 2 is 1.82 bits per heavy atom. The molecule has 1 aromatic carbocycles. The fraction of sp³-hybridized carbons (Fsp3) is 0.667. The van der Waals surface area contributed by atoms with E-state index in [1.807, 2.05) is 28.8 Å². The molecule has 0 amide bonds. The summed E-state index contributed by atoms with van der Waals surface area (Å²) in [5.74, 6) is -0.949. The maximum absolute atomic E-state index is 14.0. The van der Waals surface area contributed by atoms with Crippen LogP contribution in [0.3, 0.4) is 0 Å². The predicted molar refractivity (Wildman–Crippen MR) is 151 cm³/mol. The molecule has 2 aromatic rings. The fourth-order valence-corrected chi connectivity index (χ4v) is 6.76. The number of nitrogens with zero attached hydrogens (tertiary/aromatic N) is 4. The van der Waals surface area contributed by atoms with Gasteiger partial charge in [-0.05, 0) is 51.2 Å². The Hall–Kier alpha value is -2.74. The van der Waals surface area contributed by atoms with Crippen LogP contribution in [-0.4, -0.2) is 56.5 Å². The third-order valence-corrected chi connectivity index (χ3v) is 8.45. The van der Waals surface area contributed by atoms with Gasteiger partial charge in [-0.15, -0.1) is 0 Å². The molecular formula is C30H44N4O4. The first kappa shape index (κ1) is 28.3. The molecule has 2 aliphatic heterocycles. The topological polar surface area (TPSA) is 97.0 Å². The summed E-state index contributed by atoms with van der Waals surface area (Å²) in [5.41, 5.74) is 1.82. The second-order valence-electron chi connectivity index (χ2n) is 11.1. The fourth-order valence-electron chi connectivity index (χ4n) is 6.76. The lowest BCUT2D eigenvalue weighted by atomic mass is 9.80. The summed E-state index contributed by atoms with van der Waals surface area (Å²) in [6.07, 6.45) is 13.2. The van der Waals surface area contributed by atoms with Crippen LogP contribution in [0.25, 0.3) is 11.0 Å². The van der Waals surface area contributed by atoms with E-state index in [2.05, 4.69) is 28.9 Å². The Morgan fingerprint density at radius 3 is 2.50 bits per heavy atom. The molecule has 3 unspecified atom stereocenters. The highest BCUT2D eigenvalue weighted by Crippen LogP contribution is 2.41. The first-order valence-corrected chi connectivity index (χ1v) is 14.6. The summed E-state index contributed by atoms with van der Waals surface area (Å²) in [5, 5.41) is 13.3. The third kappa shape index (κ3) is 6.45. The van der Waals surface area contributed by atoms with E-state index in [1.165, 1.54) is 64.9 Å². The molecule has 2 bridgehead atoms. The van der Waals surface area contributed by atoms with Crippen LogP contribution in [0.5, 0.6) is 0 Å². The minimum Gasteiger partial charge on any atom is -0.481 e. The number of aromatic nitrogens is 2. The molecule has 208 valence electrons. The molecule has 1 N–H and O–H groups in total. The van der Waals surface area contributed by atoms with E-state index in [1.54, 1.807) is 0 Å². The zero-order valence-corrected chi connectivity index (χ0v) is 23.3. The number of carbonyl (C=O) groups is 1. The molecule has 0 saturated carbocycles. The van der Waals surface area contributed by atoms with E-state index in [-0.39, 0.29) is 35.8 Å². The van der Waals surface area contributed by atoms with Crippen LogP contribution in [0, 0.1) is 0 Å². The Balaban J connectivity index is 1.63. The monoisotopic (exact) mass is 524 g/mol. The molecule has 4 rings (SSSR count). The Labute approximate surface area is 226 Å². The zero-order chi connectivity index (χ0) is 27.1. The Bertz CT molecular complexity index is 1160. The zero-order valence-electron chi connectivity index (χ0n) is 23.3. The number of rotatable bonds is 13. The van der Waals surface area contributed by atoms with Gasteiger partial charge < -0.3 is 14.5 Å². The summed E-state index contributed by atoms with van der Waals surface area (Å²) in [4.78, 5) is 37.7. The van der Waals surface area contributed by atoms with Crippen LogP contribution in [-0.2, 0) is 9.63 Å². The van der Waals surface area contributed by atoms with E-state index in [4.69, 9.17) is 4.84 Å². The van der Waals surface area contributed by atoms with Crippen molar-refractivity contribution in [3.63, 3.8) is 0 Å². The molecule has 3 heterocycles. The van der Waals surface area contributed by atoms with Gasteiger partial charge in [0.05, 0.1) is 17.5 Å². The molecule has 0 radical (unpaired) electrons. The Kier molecular flexibility index (Phi) is 9.94. The lowest BCUT2D eigenvalue weighted by Gasteiger charge is -2.52. The second-order valence-corrected chi connectivity index (χ2v) is 11.1. The molecule has 2 fully saturated rings. The van der Waals surface area contributed by atoms with Gasteiger partial charge in [0.15, 0.2) is 5.69 Å². The van der Waals surface area contributed by atoms with Gasteiger partial charge in [-0.2, -0.15) is 0 Å². The second kappa shape index (κ2) is 13.4. The molecule has 2 aliphatic rings. The number of carboxylic acids is 1. The van der Waals surface area contributed by atoms with Crippen molar-refractivity contribution in [2.24, 2.45) is 5.16 Å². The average Bonchev–Trinajstić information content (AvgIpc) is 2.89. The summed E-state index contributed by atoms with van der Waals surface area (Å²) in [6.45, 7) is 4.66. The van der Waals surface area contributed by atoms with Gasteiger partial charge in [-0.3, -0.25) is 14.5 Å². The van der Waals surface area contributed by atoms with E-state index in [9.17, 15) is 14.7 Å². The van der Waals surface area contributed by atoms with E-state index in [0.717, 1.165) is 18.4 Å². The van der Waals surface area contributed by atoms with Crippen molar-refractivity contribution in [1.82, 2.24) is 14.5 Å². The van der Waals surface area contributed by atoms with Crippen LogP contribution in [0.2, 0.25) is 0 Å². The van der Waals surface area contributed by atoms with Gasteiger partial charge in [0.1, 0.15) is 12.8 Å². The van der Waals surface area contributed by atoms with Crippen molar-refractivity contribution in [3.8, 4) is 0 Å². The quantitative estimate of drug-likeness (QED) is 0.198. The van der Waals surface area contributed by atoms with Crippen LogP contribution in [0.1, 0.15) is 109 Å². The van der Waals surface area contributed by atoms with Crippen LogP contribution < -0.4 is 5.56 Å². The first-order chi connectivity index (χ1) is 18.4. The lowest BCUT2D eigenvalue weighted by Crippen LogP contribution is -2.56. The predicted octanol–water partition coefficient (Wildman–Crippen LogP) is 5.92. The molecule has 8 nitrogen and oxygen atoms in total. The van der Waals surface area contributed by atoms with Gasteiger partial charge >= 0.3 is 5.97 Å². The molecule has 0 spiro atoms. The molecule has 1 aromatic heterocycles. The number of hydrogen-bond donors (Lipinski definition) is 1. The van der Waals surface area contributed by atoms with Gasteiger partial charge in [0.25, 0.3) is 5.56 Å². The van der Waals surface area contributed by atoms with Gasteiger partial charge in [-0.25, -0.2) is 4.98 Å². The number of unbranched alkanes of at least 4 members (excludes halogenated alkanes) is 4. The van der Waals surface area contributed by atoms with E-state index in [0.29, 0.717) is 23.6 Å². The number of para-hydroxylation sites is 2. The number of oxime groups is 1. The molecule has 38 heavy (non-hydrogen) atoms. The minimum absolute atomic E-state index is 0.0701. The number of aliphatic carboxylic acids is 1. The standard InChI is InChI=1S/C30H44N4O4/c1-4-5-6-7-8-12-21(2)33-22-13-11-14-23(33)20-24(19-22)34-27-16-10-9-15-25(27)31-29(30(34)37)26(32-38-3)17-18-28(35)36/h9-10,15-16,21-24H,4-8,11-14,17-20H2,1-3H3,(H,35,36). The van der Waals surface area contributed by atoms with Crippen LogP contribution >= 0.6 is 0 Å². The molecular weight excluding hydrogens is 480 g/mol.